The molecule has 3 nitrogen and oxygen atoms in total. The number of halogens is 2. The Morgan fingerprint density at radius 1 is 1.11 bits per heavy atom. The molecule has 0 unspecified atom stereocenters. The van der Waals surface area contributed by atoms with Crippen molar-refractivity contribution in [3.05, 3.63) is 64.9 Å². The summed E-state index contributed by atoms with van der Waals surface area (Å²) in [5, 5.41) is 0.446. The van der Waals surface area contributed by atoms with Crippen LogP contribution in [0.3, 0.4) is 0 Å². The third-order valence-corrected chi connectivity index (χ3v) is 3.86. The summed E-state index contributed by atoms with van der Waals surface area (Å²) in [6.07, 6.45) is 0. The van der Waals surface area contributed by atoms with E-state index in [1.165, 1.54) is 30.3 Å². The molecule has 1 N–H and O–H groups in total. The van der Waals surface area contributed by atoms with Gasteiger partial charge in [-0.1, -0.05) is 29.8 Å². The van der Waals surface area contributed by atoms with Gasteiger partial charge in [0.15, 0.2) is 0 Å². The number of anilines is 1. The molecule has 0 aliphatic rings. The van der Waals surface area contributed by atoms with E-state index in [-0.39, 0.29) is 5.75 Å². The van der Waals surface area contributed by atoms with Crippen LogP contribution in [0, 0.1) is 5.82 Å². The van der Waals surface area contributed by atoms with E-state index in [4.69, 9.17) is 11.6 Å². The molecule has 2 rings (SSSR count). The molecule has 0 fully saturated rings. The van der Waals surface area contributed by atoms with Crippen LogP contribution in [-0.4, -0.2) is 8.42 Å². The summed E-state index contributed by atoms with van der Waals surface area (Å²) in [6, 6.07) is 11.8. The third-order valence-electron chi connectivity index (χ3n) is 2.37. The predicted molar refractivity (Wildman–Crippen MR) is 74.1 cm³/mol. The maximum Gasteiger partial charge on any atom is 0.236 e. The van der Waals surface area contributed by atoms with Gasteiger partial charge in [0, 0.05) is 10.7 Å². The molecule has 19 heavy (non-hydrogen) atoms. The Bertz CT molecular complexity index is 671. The number of benzene rings is 2. The van der Waals surface area contributed by atoms with Crippen molar-refractivity contribution in [3.8, 4) is 0 Å². The summed E-state index contributed by atoms with van der Waals surface area (Å²) in [6.45, 7) is 0. The molecular formula is C13H11ClFNO2S. The standard InChI is InChI=1S/C13H11ClFNO2S/c14-11-2-1-3-13(8-11)16-19(17,18)9-10-4-6-12(15)7-5-10/h1-8,16H,9H2. The van der Waals surface area contributed by atoms with E-state index in [1.807, 2.05) is 0 Å². The summed E-state index contributed by atoms with van der Waals surface area (Å²) in [5.74, 6) is -0.622. The van der Waals surface area contributed by atoms with Crippen LogP contribution in [0.5, 0.6) is 0 Å². The highest BCUT2D eigenvalue weighted by Crippen LogP contribution is 2.17. The Morgan fingerprint density at radius 3 is 2.42 bits per heavy atom. The minimum Gasteiger partial charge on any atom is -0.283 e. The normalized spacial score (nSPS) is 11.3. The van der Waals surface area contributed by atoms with Crippen LogP contribution in [0.25, 0.3) is 0 Å². The van der Waals surface area contributed by atoms with Crippen molar-refractivity contribution in [3.63, 3.8) is 0 Å². The summed E-state index contributed by atoms with van der Waals surface area (Å²) in [5.41, 5.74) is 0.908. The zero-order valence-corrected chi connectivity index (χ0v) is 11.4. The number of sulfonamides is 1. The van der Waals surface area contributed by atoms with Crippen LogP contribution >= 0.6 is 11.6 Å². The molecule has 0 atom stereocenters. The first-order valence-electron chi connectivity index (χ1n) is 5.45. The molecular weight excluding hydrogens is 289 g/mol. The Kier molecular flexibility index (Phi) is 4.07. The van der Waals surface area contributed by atoms with Gasteiger partial charge >= 0.3 is 0 Å². The number of hydrogen-bond donors (Lipinski definition) is 1. The average molecular weight is 300 g/mol. The van der Waals surface area contributed by atoms with Gasteiger partial charge in [-0.3, -0.25) is 4.72 Å². The van der Waals surface area contributed by atoms with Gasteiger partial charge in [-0.05, 0) is 35.9 Å². The van der Waals surface area contributed by atoms with Gasteiger partial charge < -0.3 is 0 Å². The first kappa shape index (κ1) is 13.8. The van der Waals surface area contributed by atoms with E-state index in [1.54, 1.807) is 18.2 Å². The van der Waals surface area contributed by atoms with Gasteiger partial charge in [0.2, 0.25) is 10.0 Å². The van der Waals surface area contributed by atoms with Crippen LogP contribution < -0.4 is 4.72 Å². The number of nitrogens with one attached hydrogen (secondary N) is 1. The van der Waals surface area contributed by atoms with Gasteiger partial charge in [-0.15, -0.1) is 0 Å². The van der Waals surface area contributed by atoms with Crippen molar-refractivity contribution in [1.82, 2.24) is 0 Å². The van der Waals surface area contributed by atoms with Crippen molar-refractivity contribution < 1.29 is 12.8 Å². The van der Waals surface area contributed by atoms with E-state index >= 15 is 0 Å². The molecule has 0 amide bonds. The first-order valence-corrected chi connectivity index (χ1v) is 7.48. The maximum absolute atomic E-state index is 12.7. The van der Waals surface area contributed by atoms with Crippen molar-refractivity contribution in [2.24, 2.45) is 0 Å². The zero-order chi connectivity index (χ0) is 13.9. The van der Waals surface area contributed by atoms with Gasteiger partial charge in [0.1, 0.15) is 5.82 Å². The van der Waals surface area contributed by atoms with Gasteiger partial charge in [0.05, 0.1) is 5.75 Å². The molecule has 2 aromatic carbocycles. The summed E-state index contributed by atoms with van der Waals surface area (Å²) >= 11 is 5.77. The Hall–Kier alpha value is -1.59. The fraction of sp³-hybridized carbons (Fsp3) is 0.0769. The fourth-order valence-corrected chi connectivity index (χ4v) is 2.95. The molecule has 0 saturated heterocycles. The predicted octanol–water partition coefficient (Wildman–Crippen LogP) is 3.42. The maximum atomic E-state index is 12.7. The molecule has 6 heteroatoms. The first-order chi connectivity index (χ1) is 8.94. The second-order valence-corrected chi connectivity index (χ2v) is 6.16. The Morgan fingerprint density at radius 2 is 1.79 bits per heavy atom. The fourth-order valence-electron chi connectivity index (χ4n) is 1.57. The molecule has 2 aromatic rings. The van der Waals surface area contributed by atoms with Gasteiger partial charge in [0.25, 0.3) is 0 Å². The summed E-state index contributed by atoms with van der Waals surface area (Å²) < 4.78 is 39.0. The quantitative estimate of drug-likeness (QED) is 0.940. The SMILES string of the molecule is O=S(=O)(Cc1ccc(F)cc1)Nc1cccc(Cl)c1. The van der Waals surface area contributed by atoms with E-state index in [2.05, 4.69) is 4.72 Å². The molecule has 0 spiro atoms. The Labute approximate surface area is 116 Å². The topological polar surface area (TPSA) is 46.2 Å². The van der Waals surface area contributed by atoms with Crippen molar-refractivity contribution in [2.45, 2.75) is 5.75 Å². The highest BCUT2D eigenvalue weighted by molar-refractivity contribution is 7.91. The van der Waals surface area contributed by atoms with Crippen molar-refractivity contribution >= 4 is 27.3 Å². The second kappa shape index (κ2) is 5.59. The van der Waals surface area contributed by atoms with Gasteiger partial charge in [-0.2, -0.15) is 0 Å². The minimum atomic E-state index is -3.55. The van der Waals surface area contributed by atoms with Crippen LogP contribution in [-0.2, 0) is 15.8 Å². The van der Waals surface area contributed by atoms with E-state index < -0.39 is 15.8 Å². The lowest BCUT2D eigenvalue weighted by atomic mass is 10.2. The summed E-state index contributed by atoms with van der Waals surface area (Å²) in [7, 11) is -3.55. The lowest BCUT2D eigenvalue weighted by molar-refractivity contribution is 0.600. The van der Waals surface area contributed by atoms with E-state index in [9.17, 15) is 12.8 Å². The van der Waals surface area contributed by atoms with E-state index in [0.29, 0.717) is 16.3 Å². The molecule has 0 heterocycles. The van der Waals surface area contributed by atoms with Crippen molar-refractivity contribution in [2.75, 3.05) is 4.72 Å². The second-order valence-electron chi connectivity index (χ2n) is 4.00. The molecule has 0 saturated carbocycles. The lowest BCUT2D eigenvalue weighted by Crippen LogP contribution is -2.15. The van der Waals surface area contributed by atoms with Crippen molar-refractivity contribution in [1.29, 1.82) is 0 Å². The zero-order valence-electron chi connectivity index (χ0n) is 9.81. The average Bonchev–Trinajstić information content (AvgIpc) is 2.31. The lowest BCUT2D eigenvalue weighted by Gasteiger charge is -2.08. The molecule has 0 aliphatic heterocycles. The van der Waals surface area contributed by atoms with Crippen LogP contribution in [0.1, 0.15) is 5.56 Å². The molecule has 0 aromatic heterocycles. The highest BCUT2D eigenvalue weighted by atomic mass is 35.5. The number of rotatable bonds is 4. The molecule has 0 bridgehead atoms. The van der Waals surface area contributed by atoms with Crippen LogP contribution in [0.2, 0.25) is 5.02 Å². The minimum absolute atomic E-state index is 0.222. The summed E-state index contributed by atoms with van der Waals surface area (Å²) in [4.78, 5) is 0. The molecule has 0 radical (unpaired) electrons. The molecule has 0 aliphatic carbocycles. The smallest absolute Gasteiger partial charge is 0.236 e. The largest absolute Gasteiger partial charge is 0.283 e. The Balaban J connectivity index is 2.13. The van der Waals surface area contributed by atoms with Crippen LogP contribution in [0.15, 0.2) is 48.5 Å². The monoisotopic (exact) mass is 299 g/mol. The highest BCUT2D eigenvalue weighted by Gasteiger charge is 2.11. The third kappa shape index (κ3) is 4.22. The van der Waals surface area contributed by atoms with Gasteiger partial charge in [-0.25, -0.2) is 12.8 Å². The number of hydrogen-bond acceptors (Lipinski definition) is 2. The van der Waals surface area contributed by atoms with Crippen LogP contribution in [0.4, 0.5) is 10.1 Å². The van der Waals surface area contributed by atoms with E-state index in [0.717, 1.165) is 0 Å². The molecule has 100 valence electrons.